The van der Waals surface area contributed by atoms with E-state index in [2.05, 4.69) is 17.2 Å². The van der Waals surface area contributed by atoms with Crippen LogP contribution in [0.15, 0.2) is 6.20 Å². The van der Waals surface area contributed by atoms with E-state index in [1.165, 1.54) is 24.1 Å². The van der Waals surface area contributed by atoms with Gasteiger partial charge in [0.25, 0.3) is 0 Å². The van der Waals surface area contributed by atoms with E-state index in [0.29, 0.717) is 12.0 Å². The van der Waals surface area contributed by atoms with Gasteiger partial charge in [0.2, 0.25) is 0 Å². The number of nitrogens with zero attached hydrogens (tertiary/aromatic N) is 1. The minimum absolute atomic E-state index is 0.449. The quantitative estimate of drug-likeness (QED) is 0.859. The van der Waals surface area contributed by atoms with Gasteiger partial charge >= 0.3 is 0 Å². The van der Waals surface area contributed by atoms with Crippen molar-refractivity contribution >= 4 is 11.3 Å². The third-order valence-corrected chi connectivity index (χ3v) is 5.42. The lowest BCUT2D eigenvalue weighted by Gasteiger charge is -2.28. The van der Waals surface area contributed by atoms with Crippen LogP contribution >= 0.6 is 11.3 Å². The number of nitrogens with two attached hydrogens (primary N) is 1. The number of aromatic nitrogens is 1. The first-order chi connectivity index (χ1) is 8.24. The SMILES string of the molecule is Cc1ncc(CNCC2C3CCC(C3)C2N)s1. The highest BCUT2D eigenvalue weighted by atomic mass is 32.1. The second kappa shape index (κ2) is 4.67. The number of nitrogens with one attached hydrogen (secondary N) is 1. The number of hydrogen-bond donors (Lipinski definition) is 2. The number of aryl methyl sites for hydroxylation is 1. The fourth-order valence-corrected chi connectivity index (χ4v) is 4.37. The van der Waals surface area contributed by atoms with E-state index in [1.54, 1.807) is 11.3 Å². The molecule has 1 aromatic rings. The van der Waals surface area contributed by atoms with Crippen LogP contribution in [0.3, 0.4) is 0 Å². The predicted molar refractivity (Wildman–Crippen MR) is 70.9 cm³/mol. The van der Waals surface area contributed by atoms with Crippen molar-refractivity contribution in [3.63, 3.8) is 0 Å². The van der Waals surface area contributed by atoms with E-state index in [0.717, 1.165) is 29.9 Å². The molecule has 0 aliphatic heterocycles. The minimum atomic E-state index is 0.449. The Morgan fingerprint density at radius 1 is 1.47 bits per heavy atom. The molecule has 94 valence electrons. The standard InChI is InChI=1S/C13H21N3S/c1-8-16-6-11(17-8)5-15-7-12-9-2-3-10(4-9)13(12)14/h6,9-10,12-13,15H,2-5,7,14H2,1H3. The lowest BCUT2D eigenvalue weighted by Crippen LogP contribution is -2.41. The molecule has 2 aliphatic carbocycles. The predicted octanol–water partition coefficient (Wildman–Crippen LogP) is 1.91. The molecule has 0 saturated heterocycles. The first kappa shape index (κ1) is 11.6. The molecule has 2 fully saturated rings. The van der Waals surface area contributed by atoms with Gasteiger partial charge in [0.1, 0.15) is 0 Å². The fraction of sp³-hybridized carbons (Fsp3) is 0.769. The number of fused-ring (bicyclic) bond motifs is 2. The summed E-state index contributed by atoms with van der Waals surface area (Å²) in [7, 11) is 0. The largest absolute Gasteiger partial charge is 0.327 e. The topological polar surface area (TPSA) is 50.9 Å². The van der Waals surface area contributed by atoms with Gasteiger partial charge in [-0.3, -0.25) is 0 Å². The normalized spacial score (nSPS) is 35.6. The number of hydrogen-bond acceptors (Lipinski definition) is 4. The zero-order chi connectivity index (χ0) is 11.8. The highest BCUT2D eigenvalue weighted by Gasteiger charge is 2.45. The van der Waals surface area contributed by atoms with Crippen molar-refractivity contribution < 1.29 is 0 Å². The van der Waals surface area contributed by atoms with Gasteiger partial charge in [-0.2, -0.15) is 0 Å². The molecule has 2 saturated carbocycles. The third kappa shape index (κ3) is 2.26. The lowest BCUT2D eigenvalue weighted by atomic mass is 9.85. The molecule has 0 radical (unpaired) electrons. The van der Waals surface area contributed by atoms with E-state index in [1.807, 2.05) is 6.20 Å². The van der Waals surface area contributed by atoms with Crippen LogP contribution in [0, 0.1) is 24.7 Å². The zero-order valence-electron chi connectivity index (χ0n) is 10.4. The molecule has 3 N–H and O–H groups in total. The van der Waals surface area contributed by atoms with Gasteiger partial charge in [0.05, 0.1) is 5.01 Å². The maximum atomic E-state index is 6.30. The molecular formula is C13H21N3S. The molecule has 3 rings (SSSR count). The van der Waals surface area contributed by atoms with Crippen LogP contribution in [0.1, 0.15) is 29.1 Å². The Labute approximate surface area is 107 Å². The fourth-order valence-electron chi connectivity index (χ4n) is 3.61. The molecule has 4 unspecified atom stereocenters. The lowest BCUT2D eigenvalue weighted by molar-refractivity contribution is 0.278. The summed E-state index contributed by atoms with van der Waals surface area (Å²) in [6.07, 6.45) is 6.14. The van der Waals surface area contributed by atoms with E-state index >= 15 is 0 Å². The summed E-state index contributed by atoms with van der Waals surface area (Å²) < 4.78 is 0. The van der Waals surface area contributed by atoms with E-state index in [9.17, 15) is 0 Å². The van der Waals surface area contributed by atoms with E-state index < -0.39 is 0 Å². The van der Waals surface area contributed by atoms with Gasteiger partial charge in [-0.25, -0.2) is 4.98 Å². The Kier molecular flexibility index (Phi) is 3.19. The molecule has 1 aromatic heterocycles. The first-order valence-electron chi connectivity index (χ1n) is 6.61. The number of thiazole rings is 1. The maximum Gasteiger partial charge on any atom is 0.0897 e. The van der Waals surface area contributed by atoms with Crippen LogP contribution in [0.5, 0.6) is 0 Å². The van der Waals surface area contributed by atoms with Gasteiger partial charge in [-0.15, -0.1) is 11.3 Å². The Balaban J connectivity index is 1.48. The second-order valence-electron chi connectivity index (χ2n) is 5.55. The Hall–Kier alpha value is -0.450. The molecule has 2 bridgehead atoms. The molecule has 3 nitrogen and oxygen atoms in total. The minimum Gasteiger partial charge on any atom is -0.327 e. The third-order valence-electron chi connectivity index (χ3n) is 4.51. The second-order valence-corrected chi connectivity index (χ2v) is 6.87. The van der Waals surface area contributed by atoms with Gasteiger partial charge < -0.3 is 11.1 Å². The van der Waals surface area contributed by atoms with Crippen LogP contribution in [0.25, 0.3) is 0 Å². The molecule has 0 aromatic carbocycles. The summed E-state index contributed by atoms with van der Waals surface area (Å²) in [4.78, 5) is 5.61. The molecule has 17 heavy (non-hydrogen) atoms. The summed E-state index contributed by atoms with van der Waals surface area (Å²) in [6.45, 7) is 4.09. The Morgan fingerprint density at radius 2 is 2.29 bits per heavy atom. The van der Waals surface area contributed by atoms with Gasteiger partial charge in [0.15, 0.2) is 0 Å². The summed E-state index contributed by atoms with van der Waals surface area (Å²) in [5.74, 6) is 2.42. The van der Waals surface area contributed by atoms with E-state index in [4.69, 9.17) is 5.73 Å². The number of rotatable bonds is 4. The molecule has 2 aliphatic rings. The van der Waals surface area contributed by atoms with Crippen molar-refractivity contribution in [3.8, 4) is 0 Å². The molecule has 1 heterocycles. The van der Waals surface area contributed by atoms with Gasteiger partial charge in [-0.1, -0.05) is 0 Å². The van der Waals surface area contributed by atoms with Crippen LogP contribution in [0.2, 0.25) is 0 Å². The van der Waals surface area contributed by atoms with Crippen LogP contribution in [-0.4, -0.2) is 17.6 Å². The van der Waals surface area contributed by atoms with Crippen LogP contribution in [0.4, 0.5) is 0 Å². The molecule has 0 amide bonds. The average Bonchev–Trinajstić information content (AvgIpc) is 2.97. The van der Waals surface area contributed by atoms with Crippen LogP contribution < -0.4 is 11.1 Å². The molecule has 4 atom stereocenters. The van der Waals surface area contributed by atoms with Gasteiger partial charge in [-0.05, 0) is 43.9 Å². The average molecular weight is 251 g/mol. The summed E-state index contributed by atoms with van der Waals surface area (Å²) in [6, 6.07) is 0.449. The molecule has 4 heteroatoms. The van der Waals surface area contributed by atoms with Gasteiger partial charge in [0, 0.05) is 30.2 Å². The Morgan fingerprint density at radius 3 is 2.94 bits per heavy atom. The summed E-state index contributed by atoms with van der Waals surface area (Å²) in [5.41, 5.74) is 6.30. The first-order valence-corrected chi connectivity index (χ1v) is 7.43. The molecule has 0 spiro atoms. The van der Waals surface area contributed by atoms with Crippen molar-refractivity contribution in [1.82, 2.24) is 10.3 Å². The summed E-state index contributed by atoms with van der Waals surface area (Å²) in [5, 5.41) is 4.71. The zero-order valence-corrected chi connectivity index (χ0v) is 11.2. The molecular weight excluding hydrogens is 230 g/mol. The maximum absolute atomic E-state index is 6.30. The Bertz CT molecular complexity index is 388. The van der Waals surface area contributed by atoms with Crippen molar-refractivity contribution in [2.75, 3.05) is 6.54 Å². The van der Waals surface area contributed by atoms with E-state index in [-0.39, 0.29) is 0 Å². The van der Waals surface area contributed by atoms with Crippen molar-refractivity contribution in [1.29, 1.82) is 0 Å². The van der Waals surface area contributed by atoms with Crippen molar-refractivity contribution in [2.45, 2.75) is 38.8 Å². The highest BCUT2D eigenvalue weighted by Crippen LogP contribution is 2.47. The highest BCUT2D eigenvalue weighted by molar-refractivity contribution is 7.11. The van der Waals surface area contributed by atoms with Crippen molar-refractivity contribution in [3.05, 3.63) is 16.1 Å². The monoisotopic (exact) mass is 251 g/mol. The van der Waals surface area contributed by atoms with Crippen LogP contribution in [-0.2, 0) is 6.54 Å². The smallest absolute Gasteiger partial charge is 0.0897 e. The van der Waals surface area contributed by atoms with Crippen molar-refractivity contribution in [2.24, 2.45) is 23.5 Å². The summed E-state index contributed by atoms with van der Waals surface area (Å²) >= 11 is 1.78.